The Balaban J connectivity index is 1.53. The molecule has 0 amide bonds. The van der Waals surface area contributed by atoms with E-state index in [1.165, 1.54) is 0 Å². The molecule has 1 aromatic heterocycles. The number of nitrogens with zero attached hydrogens (tertiary/aromatic N) is 2. The number of hydrogen-bond acceptors (Lipinski definition) is 2. The molecule has 0 aliphatic heterocycles. The van der Waals surface area contributed by atoms with Gasteiger partial charge in [0.05, 0.1) is 11.4 Å². The Labute approximate surface area is 224 Å². The van der Waals surface area contributed by atoms with Crippen LogP contribution in [-0.2, 0) is 5.41 Å². The molecule has 1 heterocycles. The summed E-state index contributed by atoms with van der Waals surface area (Å²) in [5, 5.41) is 0. The first-order valence-electron chi connectivity index (χ1n) is 16.1. The van der Waals surface area contributed by atoms with Crippen LogP contribution in [0.2, 0.25) is 0 Å². The van der Waals surface area contributed by atoms with E-state index in [4.69, 9.17) is 15.5 Å². The maximum Gasteiger partial charge on any atom is 0.160 e. The molecule has 5 aromatic rings. The van der Waals surface area contributed by atoms with E-state index in [2.05, 4.69) is 0 Å². The fourth-order valence-corrected chi connectivity index (χ4v) is 5.21. The van der Waals surface area contributed by atoms with Gasteiger partial charge in [-0.05, 0) is 47.1 Å². The lowest BCUT2D eigenvalue weighted by molar-refractivity contribution is 0.353. The van der Waals surface area contributed by atoms with Gasteiger partial charge in [0.15, 0.2) is 5.82 Å². The van der Waals surface area contributed by atoms with Crippen molar-refractivity contribution in [3.8, 4) is 45.0 Å². The van der Waals surface area contributed by atoms with Crippen molar-refractivity contribution in [3.63, 3.8) is 0 Å². The Hall–Kier alpha value is -4.04. The first-order valence-corrected chi connectivity index (χ1v) is 12.1. The topological polar surface area (TPSA) is 25.8 Å². The normalized spacial score (nSPS) is 24.3. The monoisotopic (exact) mass is 472 g/mol. The molecule has 0 saturated heterocycles. The van der Waals surface area contributed by atoms with Crippen LogP contribution in [0.3, 0.4) is 0 Å². The Morgan fingerprint density at radius 2 is 1.17 bits per heavy atom. The van der Waals surface area contributed by atoms with Crippen molar-refractivity contribution in [3.05, 3.63) is 120 Å². The number of fused-ring (bicyclic) bond motifs is 5. The summed E-state index contributed by atoms with van der Waals surface area (Å²) in [4.78, 5) is 9.73. The summed E-state index contributed by atoms with van der Waals surface area (Å²) in [7, 11) is 0. The summed E-state index contributed by atoms with van der Waals surface area (Å²) in [6, 6.07) is 33.2. The smallest absolute Gasteiger partial charge is 0.160 e. The molecule has 36 heavy (non-hydrogen) atoms. The van der Waals surface area contributed by atoms with Crippen LogP contribution in [0.15, 0.2) is 109 Å². The zero-order chi connectivity index (χ0) is 31.1. The zero-order valence-electron chi connectivity index (χ0n) is 27.5. The Bertz CT molecular complexity index is 1820. The van der Waals surface area contributed by atoms with Crippen molar-refractivity contribution in [2.24, 2.45) is 0 Å². The van der Waals surface area contributed by atoms with Gasteiger partial charge in [0.2, 0.25) is 0 Å². The predicted octanol–water partition coefficient (Wildman–Crippen LogP) is 8.71. The summed E-state index contributed by atoms with van der Waals surface area (Å²) in [5.41, 5.74) is 2.71. The first kappa shape index (κ1) is 14.5. The lowest BCUT2D eigenvalue weighted by Crippen LogP contribution is -2.28. The van der Waals surface area contributed by atoms with Crippen molar-refractivity contribution in [2.75, 3.05) is 0 Å². The molecule has 0 atom stereocenters. The van der Waals surface area contributed by atoms with E-state index < -0.39 is 37.3 Å². The molecule has 1 saturated carbocycles. The first-order chi connectivity index (χ1) is 20.8. The van der Waals surface area contributed by atoms with Crippen molar-refractivity contribution >= 4 is 0 Å². The minimum Gasteiger partial charge on any atom is -0.228 e. The van der Waals surface area contributed by atoms with Crippen LogP contribution in [0.4, 0.5) is 0 Å². The highest BCUT2D eigenvalue weighted by atomic mass is 14.9. The highest BCUT2D eigenvalue weighted by molar-refractivity contribution is 5.84. The molecule has 0 unspecified atom stereocenters. The van der Waals surface area contributed by atoms with Crippen LogP contribution >= 0.6 is 0 Å². The summed E-state index contributed by atoms with van der Waals surface area (Å²) >= 11 is 0. The van der Waals surface area contributed by atoms with Gasteiger partial charge in [-0.25, -0.2) is 9.97 Å². The standard InChI is InChI=1S/C34H28N2/c1-4-12-24(13-5-1)31-23-32(36-33(35-31)25-14-6-2-7-15-25)26-18-19-28-27-16-8-9-17-29(27)34(30(28)22-26)20-10-3-11-21-34/h1-2,4-9,12-19,22-23H,3,10-11,20-21H2/i10D2,11D2,20D2,21D2. The van der Waals surface area contributed by atoms with Gasteiger partial charge in [0.1, 0.15) is 0 Å². The second-order valence-electron chi connectivity index (χ2n) is 9.03. The molecule has 2 aliphatic rings. The molecule has 174 valence electrons. The molecule has 4 aromatic carbocycles. The van der Waals surface area contributed by atoms with Gasteiger partial charge in [0, 0.05) is 33.1 Å². The minimum absolute atomic E-state index is 0.208. The molecule has 1 fully saturated rings. The third kappa shape index (κ3) is 3.40. The van der Waals surface area contributed by atoms with E-state index >= 15 is 0 Å². The fraction of sp³-hybridized carbons (Fsp3) is 0.176. The number of aromatic nitrogens is 2. The summed E-state index contributed by atoms with van der Waals surface area (Å²) < 4.78 is 72.2. The van der Waals surface area contributed by atoms with Gasteiger partial charge < -0.3 is 0 Å². The molecule has 0 bridgehead atoms. The van der Waals surface area contributed by atoms with Crippen LogP contribution in [0.25, 0.3) is 45.0 Å². The number of rotatable bonds is 3. The highest BCUT2D eigenvalue weighted by Crippen LogP contribution is 2.56. The number of hydrogen-bond donors (Lipinski definition) is 0. The molecular formula is C34H28N2. The second kappa shape index (κ2) is 8.57. The van der Waals surface area contributed by atoms with Crippen molar-refractivity contribution in [2.45, 2.75) is 37.3 Å². The SMILES string of the molecule is [2H]C1([2H])CC([2H])([2H])C([2H])([2H])C2(c3ccccc3-c3ccc(-c4cc(-c5ccccc5)nc(-c5ccccc5)n4)cc32)C1([2H])[2H]. The Morgan fingerprint density at radius 3 is 1.92 bits per heavy atom. The van der Waals surface area contributed by atoms with Gasteiger partial charge in [0.25, 0.3) is 0 Å². The van der Waals surface area contributed by atoms with E-state index in [-0.39, 0.29) is 11.1 Å². The third-order valence-corrected chi connectivity index (χ3v) is 6.90. The predicted molar refractivity (Wildman–Crippen MR) is 148 cm³/mol. The summed E-state index contributed by atoms with van der Waals surface area (Å²) in [6.07, 6.45) is -11.9. The molecule has 0 radical (unpaired) electrons. The van der Waals surface area contributed by atoms with E-state index in [0.717, 1.165) is 11.1 Å². The van der Waals surface area contributed by atoms with E-state index in [1.54, 1.807) is 36.4 Å². The Kier molecular flexibility index (Phi) is 3.45. The van der Waals surface area contributed by atoms with Crippen LogP contribution in [-0.4, -0.2) is 9.97 Å². The summed E-state index contributed by atoms with van der Waals surface area (Å²) in [5.74, 6) is 0.483. The van der Waals surface area contributed by atoms with Crippen LogP contribution in [0.5, 0.6) is 0 Å². The van der Waals surface area contributed by atoms with E-state index in [9.17, 15) is 5.48 Å². The molecule has 1 spiro atoms. The molecule has 7 rings (SSSR count). The Morgan fingerprint density at radius 1 is 0.556 bits per heavy atom. The number of benzene rings is 4. The van der Waals surface area contributed by atoms with E-state index in [0.29, 0.717) is 33.9 Å². The van der Waals surface area contributed by atoms with Gasteiger partial charge >= 0.3 is 0 Å². The van der Waals surface area contributed by atoms with Crippen molar-refractivity contribution in [1.82, 2.24) is 9.97 Å². The van der Waals surface area contributed by atoms with Gasteiger partial charge in [-0.2, -0.15) is 0 Å². The average Bonchev–Trinajstić information content (AvgIpc) is 3.32. The molecule has 2 heteroatoms. The maximum atomic E-state index is 9.30. The van der Waals surface area contributed by atoms with E-state index in [1.807, 2.05) is 72.8 Å². The van der Waals surface area contributed by atoms with Crippen LogP contribution in [0, 0.1) is 0 Å². The third-order valence-electron chi connectivity index (χ3n) is 6.90. The molecule has 2 aliphatic carbocycles. The van der Waals surface area contributed by atoms with Crippen LogP contribution in [0.1, 0.15) is 54.0 Å². The summed E-state index contributed by atoms with van der Waals surface area (Å²) in [6.45, 7) is 0. The zero-order valence-corrected chi connectivity index (χ0v) is 19.5. The molecule has 0 N–H and O–H groups in total. The molecular weight excluding hydrogens is 436 g/mol. The minimum atomic E-state index is -2.81. The van der Waals surface area contributed by atoms with Gasteiger partial charge in [-0.3, -0.25) is 0 Å². The molecule has 2 nitrogen and oxygen atoms in total. The average molecular weight is 473 g/mol. The fourth-order valence-electron chi connectivity index (χ4n) is 5.21. The van der Waals surface area contributed by atoms with Crippen molar-refractivity contribution < 1.29 is 11.0 Å². The largest absolute Gasteiger partial charge is 0.228 e. The van der Waals surface area contributed by atoms with Gasteiger partial charge in [-0.15, -0.1) is 0 Å². The quantitative estimate of drug-likeness (QED) is 0.262. The van der Waals surface area contributed by atoms with Gasteiger partial charge in [-0.1, -0.05) is 116 Å². The maximum absolute atomic E-state index is 9.30. The van der Waals surface area contributed by atoms with Crippen LogP contribution < -0.4 is 0 Å². The lowest BCUT2D eigenvalue weighted by Gasteiger charge is -2.36. The highest BCUT2D eigenvalue weighted by Gasteiger charge is 2.43. The van der Waals surface area contributed by atoms with Crippen molar-refractivity contribution in [1.29, 1.82) is 0 Å². The lowest BCUT2D eigenvalue weighted by atomic mass is 9.67. The second-order valence-corrected chi connectivity index (χ2v) is 9.03.